The van der Waals surface area contributed by atoms with Crippen molar-refractivity contribution in [2.24, 2.45) is 0 Å². The van der Waals surface area contributed by atoms with E-state index in [0.29, 0.717) is 29.4 Å². The summed E-state index contributed by atoms with van der Waals surface area (Å²) in [7, 11) is 0. The fourth-order valence-electron chi connectivity index (χ4n) is 3.23. The molecule has 2 aromatic carbocycles. The van der Waals surface area contributed by atoms with Gasteiger partial charge in [-0.05, 0) is 62.6 Å². The van der Waals surface area contributed by atoms with Gasteiger partial charge in [0.1, 0.15) is 11.5 Å². The van der Waals surface area contributed by atoms with Gasteiger partial charge in [0.25, 0.3) is 11.8 Å². The second-order valence-electron chi connectivity index (χ2n) is 7.39. The second kappa shape index (κ2) is 8.99. The maximum absolute atomic E-state index is 12.5. The molecular weight excluding hydrogens is 368 g/mol. The third-order valence-electron chi connectivity index (χ3n) is 4.89. The Bertz CT molecular complexity index is 910. The van der Waals surface area contributed by atoms with Gasteiger partial charge in [0.2, 0.25) is 0 Å². The molecule has 2 aromatic rings. The smallest absolute Gasteiger partial charge is 0.267 e. The molecule has 1 aliphatic rings. The van der Waals surface area contributed by atoms with Gasteiger partial charge in [-0.15, -0.1) is 0 Å². The normalized spacial score (nSPS) is 15.5. The number of anilines is 2. The highest BCUT2D eigenvalue weighted by molar-refractivity contribution is 6.01. The predicted molar refractivity (Wildman–Crippen MR) is 114 cm³/mol. The lowest BCUT2D eigenvalue weighted by molar-refractivity contribution is -0.125. The zero-order valence-electron chi connectivity index (χ0n) is 17.5. The number of ether oxygens (including phenoxy) is 2. The Labute approximate surface area is 171 Å². The first-order valence-corrected chi connectivity index (χ1v) is 10.0. The van der Waals surface area contributed by atoms with Gasteiger partial charge in [-0.25, -0.2) is 0 Å². The van der Waals surface area contributed by atoms with Crippen LogP contribution in [0.15, 0.2) is 36.4 Å². The van der Waals surface area contributed by atoms with Crippen LogP contribution < -0.4 is 19.7 Å². The van der Waals surface area contributed by atoms with Gasteiger partial charge in [0.05, 0.1) is 5.69 Å². The number of nitrogens with one attached hydrogen (secondary N) is 1. The second-order valence-corrected chi connectivity index (χ2v) is 7.39. The third kappa shape index (κ3) is 4.88. The molecule has 1 N–H and O–H groups in total. The van der Waals surface area contributed by atoms with E-state index < -0.39 is 6.10 Å². The molecule has 6 nitrogen and oxygen atoms in total. The van der Waals surface area contributed by atoms with E-state index in [2.05, 4.69) is 12.2 Å². The molecule has 0 saturated carbocycles. The third-order valence-corrected chi connectivity index (χ3v) is 4.89. The Hall–Kier alpha value is -3.02. The standard InChI is InChI=1S/C23H28N2O4/c1-5-6-11-25-19-13-18(9-10-20(19)29-17(4)23(25)27)24-22(26)14-28-21-12-15(2)7-8-16(21)3/h7-10,12-13,17H,5-6,11,14H2,1-4H3,(H,24,26). The van der Waals surface area contributed by atoms with Gasteiger partial charge in [-0.1, -0.05) is 25.5 Å². The predicted octanol–water partition coefficient (Wildman–Crippen LogP) is 4.23. The number of nitrogens with zero attached hydrogens (tertiary/aromatic N) is 1. The summed E-state index contributed by atoms with van der Waals surface area (Å²) in [6.07, 6.45) is 1.38. The zero-order valence-corrected chi connectivity index (χ0v) is 17.5. The molecule has 154 valence electrons. The molecule has 0 aromatic heterocycles. The molecular formula is C23H28N2O4. The van der Waals surface area contributed by atoms with Crippen molar-refractivity contribution in [2.45, 2.75) is 46.6 Å². The number of hydrogen-bond acceptors (Lipinski definition) is 4. The van der Waals surface area contributed by atoms with E-state index in [1.54, 1.807) is 30.0 Å². The van der Waals surface area contributed by atoms with Crippen LogP contribution in [0.4, 0.5) is 11.4 Å². The van der Waals surface area contributed by atoms with Gasteiger partial charge in [0, 0.05) is 12.2 Å². The topological polar surface area (TPSA) is 67.9 Å². The van der Waals surface area contributed by atoms with E-state index in [9.17, 15) is 9.59 Å². The van der Waals surface area contributed by atoms with E-state index in [0.717, 1.165) is 24.0 Å². The number of fused-ring (bicyclic) bond motifs is 1. The number of carbonyl (C=O) groups excluding carboxylic acids is 2. The van der Waals surface area contributed by atoms with Crippen LogP contribution in [-0.4, -0.2) is 31.1 Å². The number of unbranched alkanes of at least 4 members (excludes halogenated alkanes) is 1. The van der Waals surface area contributed by atoms with Crippen molar-refractivity contribution in [3.05, 3.63) is 47.5 Å². The van der Waals surface area contributed by atoms with Crippen LogP contribution in [-0.2, 0) is 9.59 Å². The number of rotatable bonds is 7. The molecule has 0 radical (unpaired) electrons. The highest BCUT2D eigenvalue weighted by Crippen LogP contribution is 2.36. The van der Waals surface area contributed by atoms with Gasteiger partial charge >= 0.3 is 0 Å². The van der Waals surface area contributed by atoms with E-state index in [1.807, 2.05) is 32.0 Å². The lowest BCUT2D eigenvalue weighted by atomic mass is 10.1. The summed E-state index contributed by atoms with van der Waals surface area (Å²) in [5.41, 5.74) is 3.35. The number of hydrogen-bond donors (Lipinski definition) is 1. The van der Waals surface area contributed by atoms with Crippen molar-refractivity contribution < 1.29 is 19.1 Å². The summed E-state index contributed by atoms with van der Waals surface area (Å²) in [6.45, 7) is 8.30. The van der Waals surface area contributed by atoms with Crippen LogP contribution in [0.1, 0.15) is 37.8 Å². The van der Waals surface area contributed by atoms with Crippen LogP contribution >= 0.6 is 0 Å². The maximum Gasteiger partial charge on any atom is 0.267 e. The highest BCUT2D eigenvalue weighted by atomic mass is 16.5. The number of carbonyl (C=O) groups is 2. The first kappa shape index (κ1) is 20.7. The molecule has 0 saturated heterocycles. The van der Waals surface area contributed by atoms with Gasteiger partial charge in [-0.2, -0.15) is 0 Å². The van der Waals surface area contributed by atoms with Crippen molar-refractivity contribution in [3.8, 4) is 11.5 Å². The Morgan fingerprint density at radius 2 is 2.00 bits per heavy atom. The molecule has 0 aliphatic carbocycles. The molecule has 0 spiro atoms. The zero-order chi connectivity index (χ0) is 21.0. The molecule has 1 aliphatic heterocycles. The van der Waals surface area contributed by atoms with Crippen LogP contribution in [0.25, 0.3) is 0 Å². The van der Waals surface area contributed by atoms with Crippen LogP contribution in [0.2, 0.25) is 0 Å². The lowest BCUT2D eigenvalue weighted by Gasteiger charge is -2.33. The summed E-state index contributed by atoms with van der Waals surface area (Å²) in [5.74, 6) is 1.03. The Morgan fingerprint density at radius 1 is 1.21 bits per heavy atom. The summed E-state index contributed by atoms with van der Waals surface area (Å²) < 4.78 is 11.4. The summed E-state index contributed by atoms with van der Waals surface area (Å²) in [5, 5.41) is 2.84. The summed E-state index contributed by atoms with van der Waals surface area (Å²) in [4.78, 5) is 26.7. The van der Waals surface area contributed by atoms with E-state index in [1.165, 1.54) is 0 Å². The highest BCUT2D eigenvalue weighted by Gasteiger charge is 2.31. The number of amides is 2. The van der Waals surface area contributed by atoms with E-state index >= 15 is 0 Å². The van der Waals surface area contributed by atoms with Crippen molar-refractivity contribution in [3.63, 3.8) is 0 Å². The van der Waals surface area contributed by atoms with Gasteiger partial charge in [0.15, 0.2) is 12.7 Å². The Kier molecular flexibility index (Phi) is 6.42. The molecule has 1 atom stereocenters. The van der Waals surface area contributed by atoms with Crippen molar-refractivity contribution in [1.82, 2.24) is 0 Å². The largest absolute Gasteiger partial charge is 0.483 e. The van der Waals surface area contributed by atoms with Crippen LogP contribution in [0.5, 0.6) is 11.5 Å². The average Bonchev–Trinajstić information content (AvgIpc) is 2.69. The SMILES string of the molecule is CCCCN1C(=O)C(C)Oc2ccc(NC(=O)COc3cc(C)ccc3C)cc21. The molecule has 6 heteroatoms. The van der Waals surface area contributed by atoms with Gasteiger partial charge in [-0.3, -0.25) is 9.59 Å². The van der Waals surface area contributed by atoms with Crippen molar-refractivity contribution >= 4 is 23.2 Å². The first-order valence-electron chi connectivity index (χ1n) is 10.0. The minimum atomic E-state index is -0.509. The Morgan fingerprint density at radius 3 is 2.76 bits per heavy atom. The Balaban J connectivity index is 1.70. The molecule has 1 unspecified atom stereocenters. The fraction of sp³-hybridized carbons (Fsp3) is 0.391. The molecule has 0 bridgehead atoms. The molecule has 2 amide bonds. The van der Waals surface area contributed by atoms with Crippen molar-refractivity contribution in [1.29, 1.82) is 0 Å². The number of aryl methyl sites for hydroxylation is 2. The van der Waals surface area contributed by atoms with Crippen LogP contribution in [0, 0.1) is 13.8 Å². The van der Waals surface area contributed by atoms with Crippen molar-refractivity contribution in [2.75, 3.05) is 23.4 Å². The number of benzene rings is 2. The molecule has 0 fully saturated rings. The maximum atomic E-state index is 12.5. The summed E-state index contributed by atoms with van der Waals surface area (Å²) in [6, 6.07) is 11.2. The quantitative estimate of drug-likeness (QED) is 0.760. The minimum Gasteiger partial charge on any atom is -0.483 e. The molecule has 29 heavy (non-hydrogen) atoms. The van der Waals surface area contributed by atoms with Crippen LogP contribution in [0.3, 0.4) is 0 Å². The average molecular weight is 396 g/mol. The molecule has 3 rings (SSSR count). The fourth-order valence-corrected chi connectivity index (χ4v) is 3.23. The van der Waals surface area contributed by atoms with Gasteiger partial charge < -0.3 is 19.7 Å². The minimum absolute atomic E-state index is 0.0623. The summed E-state index contributed by atoms with van der Waals surface area (Å²) >= 11 is 0. The lowest BCUT2D eigenvalue weighted by Crippen LogP contribution is -2.44. The monoisotopic (exact) mass is 396 g/mol. The first-order chi connectivity index (χ1) is 13.9. The van der Waals surface area contributed by atoms with E-state index in [4.69, 9.17) is 9.47 Å². The van der Waals surface area contributed by atoms with E-state index in [-0.39, 0.29) is 18.4 Å². The molecule has 1 heterocycles.